The summed E-state index contributed by atoms with van der Waals surface area (Å²) >= 11 is 0. The molecule has 1 unspecified atom stereocenters. The molecule has 1 N–H and O–H groups in total. The zero-order valence-corrected chi connectivity index (χ0v) is 10.5. The smallest absolute Gasteiger partial charge is 0.242 e. The van der Waals surface area contributed by atoms with Crippen molar-refractivity contribution in [3.05, 3.63) is 24.0 Å². The minimum absolute atomic E-state index is 0.0141. The third-order valence-corrected chi connectivity index (χ3v) is 2.52. The Hall–Kier alpha value is -2.09. The third-order valence-electron chi connectivity index (χ3n) is 2.52. The number of rotatable bonds is 4. The number of ether oxygens (including phenoxy) is 1. The molecule has 0 aromatic heterocycles. The minimum atomic E-state index is -0.810. The first kappa shape index (κ1) is 14.0. The number of hydrogen-bond acceptors (Lipinski definition) is 3. The zero-order chi connectivity index (χ0) is 13.7. The largest absolute Gasteiger partial charge is 0.497 e. The van der Waals surface area contributed by atoms with Crippen LogP contribution >= 0.6 is 0 Å². The van der Waals surface area contributed by atoms with Gasteiger partial charge in [-0.3, -0.25) is 4.79 Å². The Balaban J connectivity index is 2.91. The number of hydrogen-bond donors (Lipinski definition) is 1. The number of benzene rings is 1. The number of anilines is 1. The van der Waals surface area contributed by atoms with Crippen LogP contribution in [0.2, 0.25) is 0 Å². The number of carbonyl (C=O) groups is 1. The molecule has 0 spiro atoms. The van der Waals surface area contributed by atoms with Gasteiger partial charge in [0.2, 0.25) is 5.91 Å². The van der Waals surface area contributed by atoms with Gasteiger partial charge in [-0.15, -0.1) is 0 Å². The van der Waals surface area contributed by atoms with E-state index >= 15 is 0 Å². The van der Waals surface area contributed by atoms with Gasteiger partial charge in [-0.25, -0.2) is 4.39 Å². The molecular formula is C13H15FN2O2. The van der Waals surface area contributed by atoms with Crippen LogP contribution in [0.5, 0.6) is 5.75 Å². The summed E-state index contributed by atoms with van der Waals surface area (Å²) in [7, 11) is 1.45. The van der Waals surface area contributed by atoms with E-state index in [9.17, 15) is 9.18 Å². The van der Waals surface area contributed by atoms with E-state index in [4.69, 9.17) is 10.00 Å². The second-order valence-electron chi connectivity index (χ2n) is 4.19. The average molecular weight is 250 g/mol. The van der Waals surface area contributed by atoms with Crippen molar-refractivity contribution >= 4 is 11.6 Å². The molecule has 0 bridgehead atoms. The van der Waals surface area contributed by atoms with E-state index < -0.39 is 17.6 Å². The van der Waals surface area contributed by atoms with Gasteiger partial charge in [0, 0.05) is 6.07 Å². The predicted octanol–water partition coefficient (Wildman–Crippen LogP) is 2.57. The van der Waals surface area contributed by atoms with Crippen LogP contribution in [0, 0.1) is 29.0 Å². The van der Waals surface area contributed by atoms with E-state index in [1.54, 1.807) is 13.8 Å². The van der Waals surface area contributed by atoms with Crippen molar-refractivity contribution in [3.63, 3.8) is 0 Å². The number of nitrogens with zero attached hydrogens (tertiary/aromatic N) is 1. The van der Waals surface area contributed by atoms with Crippen molar-refractivity contribution in [1.82, 2.24) is 0 Å². The monoisotopic (exact) mass is 250 g/mol. The van der Waals surface area contributed by atoms with E-state index in [1.807, 2.05) is 6.07 Å². The molecule has 1 rings (SSSR count). The summed E-state index contributed by atoms with van der Waals surface area (Å²) in [5.74, 6) is -1.59. The summed E-state index contributed by atoms with van der Waals surface area (Å²) in [6.45, 7) is 3.52. The molecule has 0 heterocycles. The Morgan fingerprint density at radius 3 is 2.67 bits per heavy atom. The first-order valence-electron chi connectivity index (χ1n) is 5.53. The second kappa shape index (κ2) is 6.01. The second-order valence-corrected chi connectivity index (χ2v) is 4.19. The third kappa shape index (κ3) is 3.20. The first-order chi connectivity index (χ1) is 8.49. The average Bonchev–Trinajstić information content (AvgIpc) is 2.32. The van der Waals surface area contributed by atoms with Crippen LogP contribution in [0.3, 0.4) is 0 Å². The zero-order valence-electron chi connectivity index (χ0n) is 10.5. The first-order valence-corrected chi connectivity index (χ1v) is 5.53. The Morgan fingerprint density at radius 1 is 1.50 bits per heavy atom. The molecule has 1 aromatic rings. The van der Waals surface area contributed by atoms with E-state index in [0.29, 0.717) is 5.75 Å². The van der Waals surface area contributed by atoms with Crippen molar-refractivity contribution in [2.24, 2.45) is 11.8 Å². The Morgan fingerprint density at radius 2 is 2.17 bits per heavy atom. The number of nitriles is 1. The van der Waals surface area contributed by atoms with Crippen molar-refractivity contribution < 1.29 is 13.9 Å². The lowest BCUT2D eigenvalue weighted by Gasteiger charge is -2.14. The van der Waals surface area contributed by atoms with Crippen LogP contribution in [0.4, 0.5) is 10.1 Å². The molecule has 0 saturated heterocycles. The number of carbonyl (C=O) groups excluding carboxylic acids is 1. The van der Waals surface area contributed by atoms with E-state index in [0.717, 1.165) is 0 Å². The van der Waals surface area contributed by atoms with Crippen LogP contribution in [0.15, 0.2) is 18.2 Å². The molecule has 0 aliphatic rings. The van der Waals surface area contributed by atoms with Crippen LogP contribution in [-0.4, -0.2) is 13.0 Å². The normalized spacial score (nSPS) is 11.8. The summed E-state index contributed by atoms with van der Waals surface area (Å²) < 4.78 is 18.4. The Labute approximate surface area is 105 Å². The molecule has 0 aliphatic carbocycles. The van der Waals surface area contributed by atoms with Gasteiger partial charge in [-0.2, -0.15) is 5.26 Å². The SMILES string of the molecule is COc1ccc(F)c(NC(=O)C(C#N)C(C)C)c1. The number of amides is 1. The molecule has 0 radical (unpaired) electrons. The summed E-state index contributed by atoms with van der Waals surface area (Å²) in [6, 6.07) is 5.93. The Kier molecular flexibility index (Phi) is 4.67. The summed E-state index contributed by atoms with van der Waals surface area (Å²) in [5, 5.41) is 11.3. The van der Waals surface area contributed by atoms with Gasteiger partial charge in [0.1, 0.15) is 17.5 Å². The quantitative estimate of drug-likeness (QED) is 0.893. The van der Waals surface area contributed by atoms with Crippen LogP contribution in [0.1, 0.15) is 13.8 Å². The highest BCUT2D eigenvalue weighted by molar-refractivity contribution is 5.94. The molecule has 0 fully saturated rings. The van der Waals surface area contributed by atoms with Gasteiger partial charge in [-0.05, 0) is 18.1 Å². The predicted molar refractivity (Wildman–Crippen MR) is 65.5 cm³/mol. The fourth-order valence-corrected chi connectivity index (χ4v) is 1.45. The van der Waals surface area contributed by atoms with Crippen molar-refractivity contribution in [2.75, 3.05) is 12.4 Å². The number of halogens is 1. The summed E-state index contributed by atoms with van der Waals surface area (Å²) in [5.41, 5.74) is 0.0141. The summed E-state index contributed by atoms with van der Waals surface area (Å²) in [6.07, 6.45) is 0. The standard InChI is InChI=1S/C13H15FN2O2/c1-8(2)10(7-15)13(17)16-12-6-9(18-3)4-5-11(12)14/h4-6,8,10H,1-3H3,(H,16,17). The summed E-state index contributed by atoms with van der Waals surface area (Å²) in [4.78, 5) is 11.8. The van der Waals surface area contributed by atoms with Crippen molar-refractivity contribution in [1.29, 1.82) is 5.26 Å². The van der Waals surface area contributed by atoms with Crippen molar-refractivity contribution in [3.8, 4) is 11.8 Å². The molecule has 0 aliphatic heterocycles. The van der Waals surface area contributed by atoms with Crippen LogP contribution in [-0.2, 0) is 4.79 Å². The van der Waals surface area contributed by atoms with Gasteiger partial charge in [0.15, 0.2) is 0 Å². The molecule has 4 nitrogen and oxygen atoms in total. The number of methoxy groups -OCH3 is 1. The molecule has 5 heteroatoms. The molecule has 1 aromatic carbocycles. The molecule has 1 atom stereocenters. The lowest BCUT2D eigenvalue weighted by molar-refractivity contribution is -0.119. The maximum atomic E-state index is 13.5. The van der Waals surface area contributed by atoms with Gasteiger partial charge in [0.05, 0.1) is 18.9 Å². The highest BCUT2D eigenvalue weighted by atomic mass is 19.1. The molecule has 18 heavy (non-hydrogen) atoms. The van der Waals surface area contributed by atoms with Gasteiger partial charge < -0.3 is 10.1 Å². The van der Waals surface area contributed by atoms with Gasteiger partial charge in [0.25, 0.3) is 0 Å². The number of nitrogens with one attached hydrogen (secondary N) is 1. The Bertz CT molecular complexity index is 480. The lowest BCUT2D eigenvalue weighted by Crippen LogP contribution is -2.26. The van der Waals surface area contributed by atoms with Gasteiger partial charge >= 0.3 is 0 Å². The van der Waals surface area contributed by atoms with Gasteiger partial charge in [-0.1, -0.05) is 13.8 Å². The fraction of sp³-hybridized carbons (Fsp3) is 0.385. The maximum absolute atomic E-state index is 13.5. The highest BCUT2D eigenvalue weighted by Crippen LogP contribution is 2.22. The molecular weight excluding hydrogens is 235 g/mol. The van der Waals surface area contributed by atoms with E-state index in [2.05, 4.69) is 5.32 Å². The fourth-order valence-electron chi connectivity index (χ4n) is 1.45. The topological polar surface area (TPSA) is 62.1 Å². The lowest BCUT2D eigenvalue weighted by atomic mass is 9.96. The van der Waals surface area contributed by atoms with Crippen molar-refractivity contribution in [2.45, 2.75) is 13.8 Å². The molecule has 96 valence electrons. The van der Waals surface area contributed by atoms with E-state index in [-0.39, 0.29) is 11.6 Å². The van der Waals surface area contributed by atoms with Crippen LogP contribution < -0.4 is 10.1 Å². The van der Waals surface area contributed by atoms with Crippen LogP contribution in [0.25, 0.3) is 0 Å². The molecule has 0 saturated carbocycles. The maximum Gasteiger partial charge on any atom is 0.242 e. The van der Waals surface area contributed by atoms with E-state index in [1.165, 1.54) is 25.3 Å². The minimum Gasteiger partial charge on any atom is -0.497 e. The highest BCUT2D eigenvalue weighted by Gasteiger charge is 2.22. The molecule has 1 amide bonds.